The molecule has 2 aromatic rings. The lowest BCUT2D eigenvalue weighted by Gasteiger charge is -2.09. The summed E-state index contributed by atoms with van der Waals surface area (Å²) in [6, 6.07) is 2.74. The topological polar surface area (TPSA) is 27.1 Å². The van der Waals surface area contributed by atoms with Crippen LogP contribution in [0.3, 0.4) is 0 Å². The molecule has 3 nitrogen and oxygen atoms in total. The van der Waals surface area contributed by atoms with E-state index in [0.717, 1.165) is 18.3 Å². The third-order valence-corrected chi connectivity index (χ3v) is 2.21. The van der Waals surface area contributed by atoms with Gasteiger partial charge in [0.1, 0.15) is 12.4 Å². The predicted octanol–water partition coefficient (Wildman–Crippen LogP) is 3.14. The molecule has 0 atom stereocenters. The number of alkyl halides is 2. The molecule has 0 fully saturated rings. The van der Waals surface area contributed by atoms with E-state index in [4.69, 9.17) is 4.74 Å². The Morgan fingerprint density at radius 2 is 2.06 bits per heavy atom. The highest BCUT2D eigenvalue weighted by Gasteiger charge is 2.12. The molecule has 0 saturated heterocycles. The summed E-state index contributed by atoms with van der Waals surface area (Å²) in [6.07, 6.45) is 2.27. The minimum atomic E-state index is -2.75. The molecular weight excluding hydrogens is 252 g/mol. The first-order chi connectivity index (χ1) is 8.58. The standard InChI is InChI=1S/C11H8F4N2O/c12-7-1-2-9(8(13)5-7)18-6-10-16-3-4-17(10)11(14)15/h1-5,11H,6H2. The summed E-state index contributed by atoms with van der Waals surface area (Å²) >= 11 is 0. The quantitative estimate of drug-likeness (QED) is 0.790. The van der Waals surface area contributed by atoms with Crippen LogP contribution < -0.4 is 4.74 Å². The van der Waals surface area contributed by atoms with Gasteiger partial charge in [-0.25, -0.2) is 13.8 Å². The lowest BCUT2D eigenvalue weighted by molar-refractivity contribution is 0.0631. The van der Waals surface area contributed by atoms with Crippen LogP contribution in [0, 0.1) is 11.6 Å². The zero-order chi connectivity index (χ0) is 13.1. The molecule has 1 heterocycles. The van der Waals surface area contributed by atoms with Crippen molar-refractivity contribution in [1.82, 2.24) is 9.55 Å². The second kappa shape index (κ2) is 5.07. The Hall–Kier alpha value is -2.05. The van der Waals surface area contributed by atoms with Crippen molar-refractivity contribution in [2.45, 2.75) is 13.2 Å². The van der Waals surface area contributed by atoms with E-state index in [2.05, 4.69) is 4.98 Å². The fourth-order valence-corrected chi connectivity index (χ4v) is 1.37. The minimum absolute atomic E-state index is 0.0475. The average molecular weight is 260 g/mol. The number of imidazole rings is 1. The van der Waals surface area contributed by atoms with Gasteiger partial charge < -0.3 is 4.74 Å². The first kappa shape index (κ1) is 12.4. The monoisotopic (exact) mass is 260 g/mol. The van der Waals surface area contributed by atoms with Crippen molar-refractivity contribution < 1.29 is 22.3 Å². The van der Waals surface area contributed by atoms with E-state index < -0.39 is 18.2 Å². The molecule has 0 saturated carbocycles. The Balaban J connectivity index is 2.09. The van der Waals surface area contributed by atoms with Crippen LogP contribution in [0.1, 0.15) is 12.4 Å². The first-order valence-corrected chi connectivity index (χ1v) is 4.95. The third-order valence-electron chi connectivity index (χ3n) is 2.21. The van der Waals surface area contributed by atoms with Gasteiger partial charge in [-0.15, -0.1) is 0 Å². The van der Waals surface area contributed by atoms with Crippen LogP contribution in [0.15, 0.2) is 30.6 Å². The molecule has 7 heteroatoms. The number of nitrogens with zero attached hydrogens (tertiary/aromatic N) is 2. The van der Waals surface area contributed by atoms with E-state index in [-0.39, 0.29) is 18.2 Å². The molecule has 96 valence electrons. The second-order valence-corrected chi connectivity index (χ2v) is 3.39. The van der Waals surface area contributed by atoms with Crippen LogP contribution >= 0.6 is 0 Å². The maximum absolute atomic E-state index is 13.2. The molecule has 0 aliphatic carbocycles. The van der Waals surface area contributed by atoms with E-state index in [1.807, 2.05) is 0 Å². The van der Waals surface area contributed by atoms with E-state index >= 15 is 0 Å². The Bertz CT molecular complexity index is 542. The predicted molar refractivity (Wildman–Crippen MR) is 54.2 cm³/mol. The van der Waals surface area contributed by atoms with Crippen LogP contribution in [0.5, 0.6) is 5.75 Å². The van der Waals surface area contributed by atoms with Gasteiger partial charge >= 0.3 is 6.55 Å². The number of halogens is 4. The molecule has 0 aliphatic heterocycles. The minimum Gasteiger partial charge on any atom is -0.483 e. The van der Waals surface area contributed by atoms with E-state index in [9.17, 15) is 17.6 Å². The highest BCUT2D eigenvalue weighted by molar-refractivity contribution is 5.24. The Kier molecular flexibility index (Phi) is 3.50. The summed E-state index contributed by atoms with van der Waals surface area (Å²) in [5, 5.41) is 0. The van der Waals surface area contributed by atoms with Crippen LogP contribution in [0.4, 0.5) is 17.6 Å². The van der Waals surface area contributed by atoms with Gasteiger partial charge in [0.2, 0.25) is 0 Å². The van der Waals surface area contributed by atoms with E-state index in [1.54, 1.807) is 0 Å². The molecule has 0 spiro atoms. The van der Waals surface area contributed by atoms with Crippen LogP contribution in [-0.2, 0) is 6.61 Å². The second-order valence-electron chi connectivity index (χ2n) is 3.39. The number of rotatable bonds is 4. The van der Waals surface area contributed by atoms with Crippen molar-refractivity contribution in [1.29, 1.82) is 0 Å². The summed E-state index contributed by atoms with van der Waals surface area (Å²) in [7, 11) is 0. The lowest BCUT2D eigenvalue weighted by Crippen LogP contribution is -2.07. The van der Waals surface area contributed by atoms with Gasteiger partial charge in [0.25, 0.3) is 0 Å². The maximum atomic E-state index is 13.2. The average Bonchev–Trinajstić information content (AvgIpc) is 2.76. The molecule has 0 radical (unpaired) electrons. The molecule has 0 aliphatic rings. The van der Waals surface area contributed by atoms with Gasteiger partial charge in [-0.3, -0.25) is 4.57 Å². The fraction of sp³-hybridized carbons (Fsp3) is 0.182. The zero-order valence-electron chi connectivity index (χ0n) is 8.99. The SMILES string of the molecule is Fc1ccc(OCc2nccn2C(F)F)c(F)c1. The molecule has 0 bridgehead atoms. The summed E-state index contributed by atoms with van der Waals surface area (Å²) in [4.78, 5) is 3.66. The number of ether oxygens (including phenoxy) is 1. The number of aromatic nitrogens is 2. The van der Waals surface area contributed by atoms with Crippen molar-refractivity contribution in [3.63, 3.8) is 0 Å². The molecule has 0 amide bonds. The van der Waals surface area contributed by atoms with Gasteiger partial charge in [-0.2, -0.15) is 8.78 Å². The van der Waals surface area contributed by atoms with Crippen molar-refractivity contribution >= 4 is 0 Å². The zero-order valence-corrected chi connectivity index (χ0v) is 8.99. The van der Waals surface area contributed by atoms with Gasteiger partial charge in [0.15, 0.2) is 17.4 Å². The molecule has 1 aromatic carbocycles. The maximum Gasteiger partial charge on any atom is 0.320 e. The largest absolute Gasteiger partial charge is 0.483 e. The number of hydrogen-bond donors (Lipinski definition) is 0. The lowest BCUT2D eigenvalue weighted by atomic mass is 10.3. The Morgan fingerprint density at radius 3 is 2.72 bits per heavy atom. The van der Waals surface area contributed by atoms with Crippen LogP contribution in [0.2, 0.25) is 0 Å². The molecule has 1 aromatic heterocycles. The smallest absolute Gasteiger partial charge is 0.320 e. The highest BCUT2D eigenvalue weighted by Crippen LogP contribution is 2.20. The van der Waals surface area contributed by atoms with Gasteiger partial charge in [-0.05, 0) is 12.1 Å². The number of benzene rings is 1. The number of hydrogen-bond acceptors (Lipinski definition) is 2. The van der Waals surface area contributed by atoms with Crippen LogP contribution in [0.25, 0.3) is 0 Å². The van der Waals surface area contributed by atoms with Crippen molar-refractivity contribution in [2.24, 2.45) is 0 Å². The Labute approximate surface area is 99.6 Å². The van der Waals surface area contributed by atoms with Crippen molar-refractivity contribution in [2.75, 3.05) is 0 Å². The van der Waals surface area contributed by atoms with Gasteiger partial charge in [-0.1, -0.05) is 0 Å². The van der Waals surface area contributed by atoms with Crippen molar-refractivity contribution in [3.8, 4) is 5.75 Å². The molecule has 18 heavy (non-hydrogen) atoms. The van der Waals surface area contributed by atoms with E-state index in [0.29, 0.717) is 10.6 Å². The van der Waals surface area contributed by atoms with Crippen molar-refractivity contribution in [3.05, 3.63) is 48.1 Å². The molecule has 0 unspecified atom stereocenters. The summed E-state index contributed by atoms with van der Waals surface area (Å²) in [5.41, 5.74) is 0. The Morgan fingerprint density at radius 1 is 1.28 bits per heavy atom. The third kappa shape index (κ3) is 2.61. The summed E-state index contributed by atoms with van der Waals surface area (Å²) in [5.74, 6) is -1.91. The van der Waals surface area contributed by atoms with E-state index in [1.165, 1.54) is 6.20 Å². The molecule has 0 N–H and O–H groups in total. The fourth-order valence-electron chi connectivity index (χ4n) is 1.37. The van der Waals surface area contributed by atoms with Gasteiger partial charge in [0.05, 0.1) is 0 Å². The normalized spacial score (nSPS) is 10.9. The van der Waals surface area contributed by atoms with Gasteiger partial charge in [0, 0.05) is 18.5 Å². The summed E-state index contributed by atoms with van der Waals surface area (Å²) in [6.45, 7) is -3.08. The first-order valence-electron chi connectivity index (χ1n) is 4.95. The highest BCUT2D eigenvalue weighted by atomic mass is 19.3. The summed E-state index contributed by atoms with van der Waals surface area (Å²) < 4.78 is 56.3. The van der Waals surface area contributed by atoms with Crippen LogP contribution in [-0.4, -0.2) is 9.55 Å². The molecular formula is C11H8F4N2O. The molecule has 2 rings (SSSR count).